The Hall–Kier alpha value is -1.77. The second kappa shape index (κ2) is 9.16. The molecule has 0 N–H and O–H groups in total. The summed E-state index contributed by atoms with van der Waals surface area (Å²) in [6.07, 6.45) is 4.57. The molecule has 2 aliphatic heterocycles. The van der Waals surface area contributed by atoms with Gasteiger partial charge in [-0.15, -0.1) is 10.2 Å². The predicted molar refractivity (Wildman–Crippen MR) is 115 cm³/mol. The van der Waals surface area contributed by atoms with Gasteiger partial charge in [-0.2, -0.15) is 4.31 Å². The Morgan fingerprint density at radius 2 is 1.83 bits per heavy atom. The molecule has 1 aromatic carbocycles. The van der Waals surface area contributed by atoms with E-state index in [0.29, 0.717) is 18.3 Å². The molecule has 2 aromatic rings. The minimum Gasteiger partial charge on any atom is -0.423 e. The molecule has 1 aromatic heterocycles. The van der Waals surface area contributed by atoms with E-state index in [-0.39, 0.29) is 17.7 Å². The highest BCUT2D eigenvalue weighted by Gasteiger charge is 2.36. The molecule has 3 heterocycles. The number of hydrogen-bond donors (Lipinski definition) is 0. The molecule has 0 radical (unpaired) electrons. The Bertz CT molecular complexity index is 951. The van der Waals surface area contributed by atoms with Crippen molar-refractivity contribution in [2.45, 2.75) is 64.5 Å². The molecule has 30 heavy (non-hydrogen) atoms. The van der Waals surface area contributed by atoms with Crippen molar-refractivity contribution in [1.29, 1.82) is 0 Å². The van der Waals surface area contributed by atoms with Crippen LogP contribution < -0.4 is 0 Å². The lowest BCUT2D eigenvalue weighted by atomic mass is 9.96. The number of sulfonamides is 1. The first kappa shape index (κ1) is 21.5. The van der Waals surface area contributed by atoms with Crippen molar-refractivity contribution in [1.82, 2.24) is 19.4 Å². The Morgan fingerprint density at radius 3 is 2.57 bits per heavy atom. The van der Waals surface area contributed by atoms with E-state index in [9.17, 15) is 8.42 Å². The van der Waals surface area contributed by atoms with Crippen molar-refractivity contribution in [3.63, 3.8) is 0 Å². The van der Waals surface area contributed by atoms with Crippen LogP contribution in [0.5, 0.6) is 0 Å². The molecule has 4 rings (SSSR count). The van der Waals surface area contributed by atoms with Gasteiger partial charge in [0, 0.05) is 19.0 Å². The number of aromatic nitrogens is 2. The summed E-state index contributed by atoms with van der Waals surface area (Å²) in [4.78, 5) is 2.47. The molecule has 0 spiro atoms. The Kier molecular flexibility index (Phi) is 6.55. The van der Waals surface area contributed by atoms with Crippen LogP contribution in [-0.4, -0.2) is 53.2 Å². The fourth-order valence-electron chi connectivity index (χ4n) is 4.60. The van der Waals surface area contributed by atoms with Gasteiger partial charge in [0.2, 0.25) is 21.8 Å². The number of nitrogens with zero attached hydrogens (tertiary/aromatic N) is 4. The number of hydrogen-bond acceptors (Lipinski definition) is 6. The van der Waals surface area contributed by atoms with Gasteiger partial charge in [0.05, 0.1) is 5.75 Å². The summed E-state index contributed by atoms with van der Waals surface area (Å²) < 4.78 is 32.6. The van der Waals surface area contributed by atoms with Gasteiger partial charge in [0.15, 0.2) is 0 Å². The molecule has 164 valence electrons. The number of likely N-dealkylation sites (tertiary alicyclic amines) is 1. The lowest BCUT2D eigenvalue weighted by Gasteiger charge is -2.32. The standard InChI is InChI=1S/C22H32N4O3S/c1-3-30(27,28)26-12-5-4-9-20(26)22-24-23-21(29-22)19-10-13-25(14-11-19)16-18-8-6-7-17(2)15-18/h6-8,15,19-20H,3-5,9-14,16H2,1-2H3/t20-/m1/s1. The third-order valence-corrected chi connectivity index (χ3v) is 8.22. The molecular weight excluding hydrogens is 400 g/mol. The van der Waals surface area contributed by atoms with Crippen LogP contribution in [0.25, 0.3) is 0 Å². The first-order valence-corrected chi connectivity index (χ1v) is 12.7. The molecule has 0 unspecified atom stereocenters. The van der Waals surface area contributed by atoms with Crippen molar-refractivity contribution in [3.05, 3.63) is 47.2 Å². The van der Waals surface area contributed by atoms with E-state index in [0.717, 1.165) is 51.7 Å². The van der Waals surface area contributed by atoms with E-state index in [1.165, 1.54) is 11.1 Å². The molecule has 2 saturated heterocycles. The van der Waals surface area contributed by atoms with Gasteiger partial charge in [-0.1, -0.05) is 36.2 Å². The molecule has 7 nitrogen and oxygen atoms in total. The monoisotopic (exact) mass is 432 g/mol. The number of piperidine rings is 2. The molecular formula is C22H32N4O3S. The molecule has 0 saturated carbocycles. The normalized spacial score (nSPS) is 22.4. The lowest BCUT2D eigenvalue weighted by Crippen LogP contribution is -2.39. The third-order valence-electron chi connectivity index (χ3n) is 6.34. The van der Waals surface area contributed by atoms with Crippen LogP contribution >= 0.6 is 0 Å². The smallest absolute Gasteiger partial charge is 0.234 e. The summed E-state index contributed by atoms with van der Waals surface area (Å²) in [7, 11) is -3.28. The van der Waals surface area contributed by atoms with Crippen LogP contribution in [0.2, 0.25) is 0 Å². The minimum atomic E-state index is -3.28. The van der Waals surface area contributed by atoms with Crippen LogP contribution in [0.1, 0.15) is 73.9 Å². The van der Waals surface area contributed by atoms with Gasteiger partial charge in [0.25, 0.3) is 0 Å². The number of rotatable bonds is 6. The SMILES string of the molecule is CCS(=O)(=O)N1CCCC[C@@H]1c1nnc(C2CCN(Cc3cccc(C)c3)CC2)o1. The van der Waals surface area contributed by atoms with E-state index in [1.54, 1.807) is 11.2 Å². The van der Waals surface area contributed by atoms with Crippen LogP contribution in [0.3, 0.4) is 0 Å². The maximum absolute atomic E-state index is 12.5. The highest BCUT2D eigenvalue weighted by molar-refractivity contribution is 7.89. The highest BCUT2D eigenvalue weighted by atomic mass is 32.2. The molecule has 2 fully saturated rings. The maximum atomic E-state index is 12.5. The molecule has 8 heteroatoms. The summed E-state index contributed by atoms with van der Waals surface area (Å²) in [5, 5.41) is 8.59. The van der Waals surface area contributed by atoms with Crippen LogP contribution in [-0.2, 0) is 16.6 Å². The van der Waals surface area contributed by atoms with Crippen molar-refractivity contribution >= 4 is 10.0 Å². The second-order valence-electron chi connectivity index (χ2n) is 8.54. The van der Waals surface area contributed by atoms with Crippen LogP contribution in [0, 0.1) is 6.92 Å². The zero-order valence-electron chi connectivity index (χ0n) is 18.0. The molecule has 1 atom stereocenters. The van der Waals surface area contributed by atoms with Gasteiger partial charge in [0.1, 0.15) is 6.04 Å². The van der Waals surface area contributed by atoms with Gasteiger partial charge < -0.3 is 4.42 Å². The molecule has 2 aliphatic rings. The van der Waals surface area contributed by atoms with Gasteiger partial charge in [-0.3, -0.25) is 4.90 Å². The second-order valence-corrected chi connectivity index (χ2v) is 10.8. The summed E-state index contributed by atoms with van der Waals surface area (Å²) in [5.41, 5.74) is 2.64. The minimum absolute atomic E-state index is 0.101. The maximum Gasteiger partial charge on any atom is 0.234 e. The molecule has 0 aliphatic carbocycles. The summed E-state index contributed by atoms with van der Waals surface area (Å²) in [5.74, 6) is 1.48. The average molecular weight is 433 g/mol. The lowest BCUT2D eigenvalue weighted by molar-refractivity contribution is 0.184. The van der Waals surface area contributed by atoms with Crippen LogP contribution in [0.4, 0.5) is 0 Å². The van der Waals surface area contributed by atoms with Crippen molar-refractivity contribution in [3.8, 4) is 0 Å². The average Bonchev–Trinajstić information content (AvgIpc) is 3.24. The number of aryl methyl sites for hydroxylation is 1. The van der Waals surface area contributed by atoms with E-state index in [2.05, 4.69) is 46.3 Å². The van der Waals surface area contributed by atoms with Crippen molar-refractivity contribution in [2.75, 3.05) is 25.4 Å². The van der Waals surface area contributed by atoms with Crippen LogP contribution in [0.15, 0.2) is 28.7 Å². The van der Waals surface area contributed by atoms with E-state index in [1.807, 2.05) is 0 Å². The van der Waals surface area contributed by atoms with Gasteiger partial charge >= 0.3 is 0 Å². The van der Waals surface area contributed by atoms with Gasteiger partial charge in [-0.05, 0) is 58.2 Å². The molecule has 0 amide bonds. The largest absolute Gasteiger partial charge is 0.423 e. The third kappa shape index (κ3) is 4.76. The first-order chi connectivity index (χ1) is 14.5. The topological polar surface area (TPSA) is 79.5 Å². The first-order valence-electron chi connectivity index (χ1n) is 11.1. The zero-order valence-corrected chi connectivity index (χ0v) is 18.8. The predicted octanol–water partition coefficient (Wildman–Crippen LogP) is 3.63. The quantitative estimate of drug-likeness (QED) is 0.693. The Morgan fingerprint density at radius 1 is 1.07 bits per heavy atom. The summed E-state index contributed by atoms with van der Waals surface area (Å²) in [6.45, 7) is 7.31. The number of benzene rings is 1. The van der Waals surface area contributed by atoms with E-state index in [4.69, 9.17) is 4.42 Å². The zero-order chi connectivity index (χ0) is 21.1. The Labute approximate surface area is 179 Å². The Balaban J connectivity index is 1.39. The summed E-state index contributed by atoms with van der Waals surface area (Å²) in [6, 6.07) is 8.36. The highest BCUT2D eigenvalue weighted by Crippen LogP contribution is 2.35. The van der Waals surface area contributed by atoms with Crippen molar-refractivity contribution < 1.29 is 12.8 Å². The van der Waals surface area contributed by atoms with Gasteiger partial charge in [-0.25, -0.2) is 8.42 Å². The fraction of sp³-hybridized carbons (Fsp3) is 0.636. The molecule has 0 bridgehead atoms. The summed E-state index contributed by atoms with van der Waals surface area (Å²) >= 11 is 0. The van der Waals surface area contributed by atoms with Crippen molar-refractivity contribution in [2.24, 2.45) is 0 Å². The van der Waals surface area contributed by atoms with E-state index >= 15 is 0 Å². The fourth-order valence-corrected chi connectivity index (χ4v) is 5.93. The van der Waals surface area contributed by atoms with E-state index < -0.39 is 10.0 Å².